The summed E-state index contributed by atoms with van der Waals surface area (Å²) in [5.41, 5.74) is 2.33. The molecule has 0 fully saturated rings. The highest BCUT2D eigenvalue weighted by atomic mass is 79.9. The molecule has 3 aromatic carbocycles. The third kappa shape index (κ3) is 8.18. The van der Waals surface area contributed by atoms with Crippen LogP contribution < -0.4 is 20.1 Å². The summed E-state index contributed by atoms with van der Waals surface area (Å²) in [6.45, 7) is 5.43. The molecule has 0 saturated heterocycles. The van der Waals surface area contributed by atoms with Gasteiger partial charge in [0.25, 0.3) is 5.91 Å². The van der Waals surface area contributed by atoms with Crippen LogP contribution in [0.25, 0.3) is 0 Å². The van der Waals surface area contributed by atoms with Crippen LogP contribution in [0.15, 0.2) is 77.3 Å². The van der Waals surface area contributed by atoms with Gasteiger partial charge in [-0.1, -0.05) is 44.2 Å². The number of benzene rings is 3. The molecule has 5 nitrogen and oxygen atoms in total. The number of anilines is 1. The van der Waals surface area contributed by atoms with Crippen molar-refractivity contribution in [2.75, 3.05) is 11.9 Å². The molecular weight excluding hydrogens is 500 g/mol. The number of amides is 1. The quantitative estimate of drug-likeness (QED) is 0.308. The predicted molar refractivity (Wildman–Crippen MR) is 140 cm³/mol. The summed E-state index contributed by atoms with van der Waals surface area (Å²) >= 11 is 8.76. The van der Waals surface area contributed by atoms with E-state index in [-0.39, 0.29) is 11.0 Å². The molecule has 0 aliphatic rings. The fourth-order valence-corrected chi connectivity index (χ4v) is 3.58. The van der Waals surface area contributed by atoms with E-state index in [0.29, 0.717) is 30.4 Å². The third-order valence-corrected chi connectivity index (χ3v) is 5.56. The van der Waals surface area contributed by atoms with Crippen molar-refractivity contribution in [1.82, 2.24) is 5.32 Å². The van der Waals surface area contributed by atoms with Gasteiger partial charge in [-0.25, -0.2) is 0 Å². The van der Waals surface area contributed by atoms with Gasteiger partial charge in [0.2, 0.25) is 0 Å². The molecule has 7 heteroatoms. The predicted octanol–water partition coefficient (Wildman–Crippen LogP) is 6.58. The number of nitrogens with one attached hydrogen (secondary N) is 2. The normalized spacial score (nSPS) is 10.5. The number of hydrogen-bond acceptors (Lipinski definition) is 4. The minimum Gasteiger partial charge on any atom is -0.492 e. The summed E-state index contributed by atoms with van der Waals surface area (Å²) < 4.78 is 12.3. The van der Waals surface area contributed by atoms with Crippen molar-refractivity contribution in [3.05, 3.63) is 88.4 Å². The number of carbonyl (C=O) groups is 1. The minimum atomic E-state index is -0.301. The standard InChI is InChI=1S/C26H27BrN2O3S/c1-18(2)14-15-31-24-13-8-20(16-23(24)27)25(30)29-26(33)28-21-9-11-22(12-10-21)32-17-19-6-4-3-5-7-19/h3-13,16,18H,14-15,17H2,1-2H3,(H2,28,29,30,33). The van der Waals surface area contributed by atoms with Gasteiger partial charge in [0.05, 0.1) is 11.1 Å². The van der Waals surface area contributed by atoms with Crippen molar-refractivity contribution < 1.29 is 14.3 Å². The second kappa shape index (κ2) is 12.4. The van der Waals surface area contributed by atoms with E-state index in [1.165, 1.54) is 0 Å². The summed E-state index contributed by atoms with van der Waals surface area (Å²) in [5, 5.41) is 5.93. The highest BCUT2D eigenvalue weighted by molar-refractivity contribution is 9.10. The Kier molecular flexibility index (Phi) is 9.27. The number of hydrogen-bond donors (Lipinski definition) is 2. The molecule has 172 valence electrons. The van der Waals surface area contributed by atoms with Crippen LogP contribution in [0.3, 0.4) is 0 Å². The first-order valence-corrected chi connectivity index (χ1v) is 11.9. The lowest BCUT2D eigenvalue weighted by atomic mass is 10.1. The van der Waals surface area contributed by atoms with Gasteiger partial charge in [-0.05, 0) is 88.5 Å². The Labute approximate surface area is 208 Å². The maximum absolute atomic E-state index is 12.6. The molecule has 0 aromatic heterocycles. The summed E-state index contributed by atoms with van der Waals surface area (Å²) in [6.07, 6.45) is 0.967. The Balaban J connectivity index is 1.48. The molecule has 0 unspecified atom stereocenters. The van der Waals surface area contributed by atoms with E-state index in [1.807, 2.05) is 54.6 Å². The van der Waals surface area contributed by atoms with Gasteiger partial charge in [-0.2, -0.15) is 0 Å². The molecule has 2 N–H and O–H groups in total. The van der Waals surface area contributed by atoms with Crippen LogP contribution in [0.4, 0.5) is 5.69 Å². The van der Waals surface area contributed by atoms with Gasteiger partial charge in [0.15, 0.2) is 5.11 Å². The highest BCUT2D eigenvalue weighted by Gasteiger charge is 2.11. The topological polar surface area (TPSA) is 59.6 Å². The first-order chi connectivity index (χ1) is 15.9. The van der Waals surface area contributed by atoms with Crippen molar-refractivity contribution in [2.45, 2.75) is 26.9 Å². The molecular formula is C26H27BrN2O3S. The van der Waals surface area contributed by atoms with Crippen molar-refractivity contribution in [3.8, 4) is 11.5 Å². The fraction of sp³-hybridized carbons (Fsp3) is 0.231. The van der Waals surface area contributed by atoms with Crippen LogP contribution in [-0.2, 0) is 6.61 Å². The lowest BCUT2D eigenvalue weighted by Crippen LogP contribution is -2.34. The molecule has 3 rings (SSSR count). The average molecular weight is 527 g/mol. The molecule has 0 radical (unpaired) electrons. The van der Waals surface area contributed by atoms with Crippen molar-refractivity contribution in [3.63, 3.8) is 0 Å². The Hall–Kier alpha value is -2.90. The van der Waals surface area contributed by atoms with Crippen molar-refractivity contribution in [2.24, 2.45) is 5.92 Å². The monoisotopic (exact) mass is 526 g/mol. The van der Waals surface area contributed by atoms with Gasteiger partial charge in [0, 0.05) is 11.3 Å². The Bertz CT molecular complexity index is 1070. The van der Waals surface area contributed by atoms with E-state index in [4.69, 9.17) is 21.7 Å². The van der Waals surface area contributed by atoms with Gasteiger partial charge in [0.1, 0.15) is 18.1 Å². The molecule has 3 aromatic rings. The number of ether oxygens (including phenoxy) is 2. The minimum absolute atomic E-state index is 0.214. The van der Waals surface area contributed by atoms with Crippen molar-refractivity contribution in [1.29, 1.82) is 0 Å². The van der Waals surface area contributed by atoms with E-state index in [9.17, 15) is 4.79 Å². The maximum Gasteiger partial charge on any atom is 0.257 e. The molecule has 0 aliphatic heterocycles. The first kappa shape index (κ1) is 24.7. The molecule has 1 amide bonds. The van der Waals surface area contributed by atoms with Crippen LogP contribution in [-0.4, -0.2) is 17.6 Å². The Morgan fingerprint density at radius 1 is 1.00 bits per heavy atom. The van der Waals surface area contributed by atoms with E-state index >= 15 is 0 Å². The molecule has 0 atom stereocenters. The summed E-state index contributed by atoms with van der Waals surface area (Å²) in [4.78, 5) is 12.6. The zero-order valence-corrected chi connectivity index (χ0v) is 21.0. The Morgan fingerprint density at radius 3 is 2.39 bits per heavy atom. The van der Waals surface area contributed by atoms with Crippen molar-refractivity contribution >= 4 is 44.9 Å². The van der Waals surface area contributed by atoms with Crippen LogP contribution in [0.1, 0.15) is 36.2 Å². The number of rotatable bonds is 9. The zero-order valence-electron chi connectivity index (χ0n) is 18.6. The second-order valence-electron chi connectivity index (χ2n) is 7.88. The smallest absolute Gasteiger partial charge is 0.257 e. The van der Waals surface area contributed by atoms with Gasteiger partial charge < -0.3 is 14.8 Å². The van der Waals surface area contributed by atoms with E-state index in [1.54, 1.807) is 18.2 Å². The lowest BCUT2D eigenvalue weighted by molar-refractivity contribution is 0.0977. The molecule has 0 bridgehead atoms. The zero-order chi connectivity index (χ0) is 23.6. The maximum atomic E-state index is 12.6. The largest absolute Gasteiger partial charge is 0.492 e. The molecule has 0 aliphatic carbocycles. The van der Waals surface area contributed by atoms with Crippen LogP contribution in [0, 0.1) is 5.92 Å². The number of thiocarbonyl (C=S) groups is 1. The van der Waals surface area contributed by atoms with Crippen LogP contribution >= 0.6 is 28.1 Å². The number of halogens is 1. The molecule has 0 heterocycles. The van der Waals surface area contributed by atoms with Crippen LogP contribution in [0.5, 0.6) is 11.5 Å². The van der Waals surface area contributed by atoms with E-state index in [0.717, 1.165) is 27.9 Å². The lowest BCUT2D eigenvalue weighted by Gasteiger charge is -2.12. The highest BCUT2D eigenvalue weighted by Crippen LogP contribution is 2.26. The molecule has 0 saturated carbocycles. The first-order valence-electron chi connectivity index (χ1n) is 10.7. The summed E-state index contributed by atoms with van der Waals surface area (Å²) in [6, 6.07) is 22.6. The van der Waals surface area contributed by atoms with Crippen LogP contribution in [0.2, 0.25) is 0 Å². The molecule has 0 spiro atoms. The number of carbonyl (C=O) groups excluding carboxylic acids is 1. The average Bonchev–Trinajstić information content (AvgIpc) is 2.80. The van der Waals surface area contributed by atoms with E-state index < -0.39 is 0 Å². The second-order valence-corrected chi connectivity index (χ2v) is 9.15. The van der Waals surface area contributed by atoms with Gasteiger partial charge >= 0.3 is 0 Å². The van der Waals surface area contributed by atoms with Gasteiger partial charge in [-0.3, -0.25) is 10.1 Å². The fourth-order valence-electron chi connectivity index (χ4n) is 2.88. The summed E-state index contributed by atoms with van der Waals surface area (Å²) in [7, 11) is 0. The van der Waals surface area contributed by atoms with E-state index in [2.05, 4.69) is 40.4 Å². The Morgan fingerprint density at radius 2 is 1.73 bits per heavy atom. The molecule has 33 heavy (non-hydrogen) atoms. The third-order valence-electron chi connectivity index (χ3n) is 4.73. The van der Waals surface area contributed by atoms with Gasteiger partial charge in [-0.15, -0.1) is 0 Å². The summed E-state index contributed by atoms with van der Waals surface area (Å²) in [5.74, 6) is 1.73. The SMILES string of the molecule is CC(C)CCOc1ccc(C(=O)NC(=S)Nc2ccc(OCc3ccccc3)cc2)cc1Br.